The van der Waals surface area contributed by atoms with Gasteiger partial charge in [0.15, 0.2) is 5.78 Å². The Kier molecular flexibility index (Phi) is 3.02. The van der Waals surface area contributed by atoms with Gasteiger partial charge in [0, 0.05) is 11.8 Å². The van der Waals surface area contributed by atoms with Crippen LogP contribution in [0.1, 0.15) is 33.6 Å². The third-order valence-corrected chi connectivity index (χ3v) is 4.35. The molecule has 0 N–H and O–H groups in total. The fraction of sp³-hybridized carbons (Fsp3) is 0.500. The summed E-state index contributed by atoms with van der Waals surface area (Å²) in [6.45, 7) is 9.93. The molecule has 0 spiro atoms. The van der Waals surface area contributed by atoms with Crippen molar-refractivity contribution in [2.75, 3.05) is 0 Å². The van der Waals surface area contributed by atoms with Crippen molar-refractivity contribution in [1.82, 2.24) is 0 Å². The van der Waals surface area contributed by atoms with Gasteiger partial charge in [-0.1, -0.05) is 30.7 Å². The average Bonchev–Trinajstić information content (AvgIpc) is 2.31. The molecule has 0 fully saturated rings. The SMILES string of the molecule is C=C(C)[C@H]1CC=C(C)C2=CC(=O)[C@H](C)C[C@@]21C#N. The largest absolute Gasteiger partial charge is 0.295 e. The first-order chi connectivity index (χ1) is 8.42. The highest BCUT2D eigenvalue weighted by molar-refractivity contribution is 5.94. The molecule has 2 nitrogen and oxygen atoms in total. The van der Waals surface area contributed by atoms with Crippen molar-refractivity contribution in [3.8, 4) is 6.07 Å². The zero-order chi connectivity index (χ0) is 13.5. The van der Waals surface area contributed by atoms with Crippen LogP contribution in [0.4, 0.5) is 0 Å². The Morgan fingerprint density at radius 2 is 2.28 bits per heavy atom. The number of carbonyl (C=O) groups excluding carboxylic acids is 1. The lowest BCUT2D eigenvalue weighted by atomic mass is 9.56. The second kappa shape index (κ2) is 4.24. The number of rotatable bonds is 1. The molecule has 0 aromatic rings. The summed E-state index contributed by atoms with van der Waals surface area (Å²) in [7, 11) is 0. The van der Waals surface area contributed by atoms with Gasteiger partial charge >= 0.3 is 0 Å². The van der Waals surface area contributed by atoms with Crippen LogP contribution < -0.4 is 0 Å². The number of hydrogen-bond donors (Lipinski definition) is 0. The van der Waals surface area contributed by atoms with Gasteiger partial charge in [0.2, 0.25) is 0 Å². The van der Waals surface area contributed by atoms with E-state index in [2.05, 4.69) is 18.7 Å². The molecule has 0 radical (unpaired) electrons. The monoisotopic (exact) mass is 241 g/mol. The number of ketones is 1. The molecule has 0 bridgehead atoms. The van der Waals surface area contributed by atoms with E-state index < -0.39 is 5.41 Å². The lowest BCUT2D eigenvalue weighted by Gasteiger charge is -2.44. The minimum absolute atomic E-state index is 0.0684. The smallest absolute Gasteiger partial charge is 0.158 e. The molecule has 94 valence electrons. The molecular formula is C16H19NO. The zero-order valence-electron chi connectivity index (χ0n) is 11.3. The van der Waals surface area contributed by atoms with Crippen LogP contribution in [0.15, 0.2) is 35.5 Å². The van der Waals surface area contributed by atoms with Gasteiger partial charge in [-0.2, -0.15) is 5.26 Å². The predicted octanol–water partition coefficient (Wildman–Crippen LogP) is 3.57. The Labute approximate surface area is 109 Å². The van der Waals surface area contributed by atoms with Crippen molar-refractivity contribution >= 4 is 5.78 Å². The molecule has 2 aliphatic carbocycles. The Bertz CT molecular complexity index is 518. The maximum atomic E-state index is 11.9. The normalized spacial score (nSPS) is 35.1. The standard InChI is InChI=1S/C16H19NO/c1-10(2)13-6-5-11(3)14-7-15(18)12(4)8-16(13,14)9-17/h5,7,12-13H,1,6,8H2,2-4H3/t12-,13-,16+/m1/s1. The van der Waals surface area contributed by atoms with Crippen LogP contribution >= 0.6 is 0 Å². The molecule has 2 heteroatoms. The van der Waals surface area contributed by atoms with E-state index in [-0.39, 0.29) is 17.6 Å². The van der Waals surface area contributed by atoms with Crippen LogP contribution in [0.2, 0.25) is 0 Å². The van der Waals surface area contributed by atoms with Gasteiger partial charge in [-0.05, 0) is 38.3 Å². The van der Waals surface area contributed by atoms with E-state index in [0.29, 0.717) is 6.42 Å². The first-order valence-corrected chi connectivity index (χ1v) is 6.42. The lowest BCUT2D eigenvalue weighted by Crippen LogP contribution is -2.40. The topological polar surface area (TPSA) is 40.9 Å². The first-order valence-electron chi connectivity index (χ1n) is 6.42. The number of carbonyl (C=O) groups is 1. The van der Waals surface area contributed by atoms with Gasteiger partial charge in [0.25, 0.3) is 0 Å². The van der Waals surface area contributed by atoms with Crippen molar-refractivity contribution in [3.63, 3.8) is 0 Å². The number of hydrogen-bond acceptors (Lipinski definition) is 2. The summed E-state index contributed by atoms with van der Waals surface area (Å²) in [6.07, 6.45) is 5.30. The molecule has 0 saturated carbocycles. The van der Waals surface area contributed by atoms with E-state index in [4.69, 9.17) is 0 Å². The minimum Gasteiger partial charge on any atom is -0.295 e. The zero-order valence-corrected chi connectivity index (χ0v) is 11.3. The lowest BCUT2D eigenvalue weighted by molar-refractivity contribution is -0.119. The number of fused-ring (bicyclic) bond motifs is 1. The minimum atomic E-state index is -0.544. The Morgan fingerprint density at radius 3 is 2.83 bits per heavy atom. The Balaban J connectivity index is 2.64. The Hall–Kier alpha value is -1.62. The van der Waals surface area contributed by atoms with Crippen molar-refractivity contribution in [1.29, 1.82) is 5.26 Å². The van der Waals surface area contributed by atoms with E-state index >= 15 is 0 Å². The van der Waals surface area contributed by atoms with Crippen molar-refractivity contribution in [2.24, 2.45) is 17.3 Å². The van der Waals surface area contributed by atoms with Gasteiger partial charge in [0.05, 0.1) is 11.5 Å². The second-order valence-corrected chi connectivity index (χ2v) is 5.67. The van der Waals surface area contributed by atoms with Gasteiger partial charge in [-0.3, -0.25) is 4.79 Å². The van der Waals surface area contributed by atoms with Crippen molar-refractivity contribution in [3.05, 3.63) is 35.5 Å². The highest BCUT2D eigenvalue weighted by Crippen LogP contribution is 2.53. The van der Waals surface area contributed by atoms with Crippen LogP contribution in [0.25, 0.3) is 0 Å². The molecular weight excluding hydrogens is 222 g/mol. The molecule has 2 rings (SSSR count). The number of nitriles is 1. The van der Waals surface area contributed by atoms with Crippen LogP contribution in [-0.4, -0.2) is 5.78 Å². The van der Waals surface area contributed by atoms with Gasteiger partial charge in [-0.15, -0.1) is 0 Å². The van der Waals surface area contributed by atoms with Crippen LogP contribution in [0.5, 0.6) is 0 Å². The van der Waals surface area contributed by atoms with Gasteiger partial charge in [0.1, 0.15) is 0 Å². The Morgan fingerprint density at radius 1 is 1.61 bits per heavy atom. The molecule has 0 unspecified atom stereocenters. The predicted molar refractivity (Wildman–Crippen MR) is 71.6 cm³/mol. The third-order valence-electron chi connectivity index (χ3n) is 4.35. The maximum absolute atomic E-state index is 11.9. The molecule has 0 aromatic carbocycles. The van der Waals surface area contributed by atoms with Crippen LogP contribution in [0, 0.1) is 28.6 Å². The molecule has 0 amide bonds. The second-order valence-electron chi connectivity index (χ2n) is 5.67. The number of nitrogens with zero attached hydrogens (tertiary/aromatic N) is 1. The van der Waals surface area contributed by atoms with E-state index in [0.717, 1.165) is 23.1 Å². The summed E-state index contributed by atoms with van der Waals surface area (Å²) in [5.41, 5.74) is 2.49. The van der Waals surface area contributed by atoms with Crippen LogP contribution in [-0.2, 0) is 4.79 Å². The summed E-state index contributed by atoms with van der Waals surface area (Å²) >= 11 is 0. The molecule has 18 heavy (non-hydrogen) atoms. The molecule has 2 aliphatic rings. The highest BCUT2D eigenvalue weighted by Gasteiger charge is 2.49. The van der Waals surface area contributed by atoms with E-state index in [1.807, 2.05) is 20.8 Å². The van der Waals surface area contributed by atoms with Gasteiger partial charge in [-0.25, -0.2) is 0 Å². The highest BCUT2D eigenvalue weighted by atomic mass is 16.1. The summed E-state index contributed by atoms with van der Waals surface area (Å²) in [6, 6.07) is 2.51. The summed E-state index contributed by atoms with van der Waals surface area (Å²) in [4.78, 5) is 11.9. The maximum Gasteiger partial charge on any atom is 0.158 e. The molecule has 0 saturated heterocycles. The molecule has 0 heterocycles. The van der Waals surface area contributed by atoms with E-state index in [9.17, 15) is 10.1 Å². The summed E-state index contributed by atoms with van der Waals surface area (Å²) in [5, 5.41) is 9.75. The quantitative estimate of drug-likeness (QED) is 0.658. The van der Waals surface area contributed by atoms with E-state index in [1.165, 1.54) is 0 Å². The van der Waals surface area contributed by atoms with Gasteiger partial charge < -0.3 is 0 Å². The molecule has 0 aliphatic heterocycles. The fourth-order valence-corrected chi connectivity index (χ4v) is 3.31. The van der Waals surface area contributed by atoms with Crippen molar-refractivity contribution in [2.45, 2.75) is 33.6 Å². The van der Waals surface area contributed by atoms with Crippen molar-refractivity contribution < 1.29 is 4.79 Å². The third kappa shape index (κ3) is 1.66. The molecule has 3 atom stereocenters. The number of allylic oxidation sites excluding steroid dienone is 5. The van der Waals surface area contributed by atoms with E-state index in [1.54, 1.807) is 6.08 Å². The molecule has 0 aromatic heterocycles. The summed E-state index contributed by atoms with van der Waals surface area (Å²) < 4.78 is 0. The average molecular weight is 241 g/mol. The van der Waals surface area contributed by atoms with Crippen LogP contribution in [0.3, 0.4) is 0 Å². The first kappa shape index (κ1) is 12.8. The summed E-state index contributed by atoms with van der Waals surface area (Å²) in [5.74, 6) is 0.208. The fourth-order valence-electron chi connectivity index (χ4n) is 3.31.